The van der Waals surface area contributed by atoms with Crippen LogP contribution in [0.5, 0.6) is 0 Å². The van der Waals surface area contributed by atoms with Crippen LogP contribution < -0.4 is 4.90 Å². The van der Waals surface area contributed by atoms with Crippen LogP contribution in [0, 0.1) is 12.7 Å². The highest BCUT2D eigenvalue weighted by atomic mass is 32.2. The maximum atomic E-state index is 14.8. The molecule has 0 radical (unpaired) electrons. The standard InChI is InChI=1S/C36H42FN3O7S/c1-6-45-34(41)33-25(2)30-23-29(13-15-32(30)46-33)48(43,44)40(17-16-26-10-8-7-9-11-26)24-27-22-28(37)12-14-31(27)38-18-20-39(21-19-38)35(42)47-36(3,4)5/h7-15,22-23H,6,16-21,24H2,1-5H3. The molecule has 256 valence electrons. The van der Waals surface area contributed by atoms with Crippen molar-refractivity contribution in [3.8, 4) is 0 Å². The Morgan fingerprint density at radius 2 is 1.69 bits per heavy atom. The van der Waals surface area contributed by atoms with Gasteiger partial charge in [-0.1, -0.05) is 30.3 Å². The summed E-state index contributed by atoms with van der Waals surface area (Å²) in [6, 6.07) is 18.4. The molecule has 48 heavy (non-hydrogen) atoms. The second-order valence-corrected chi connectivity index (χ2v) is 14.7. The molecule has 12 heteroatoms. The van der Waals surface area contributed by atoms with Gasteiger partial charge in [-0.2, -0.15) is 4.31 Å². The maximum absolute atomic E-state index is 14.8. The third-order valence-electron chi connectivity index (χ3n) is 8.16. The Morgan fingerprint density at radius 1 is 0.979 bits per heavy atom. The number of carbonyl (C=O) groups excluding carboxylic acids is 2. The van der Waals surface area contributed by atoms with Gasteiger partial charge in [-0.05, 0) is 88.6 Å². The average Bonchev–Trinajstić information content (AvgIpc) is 3.38. The van der Waals surface area contributed by atoms with Crippen LogP contribution in [-0.2, 0) is 32.5 Å². The second-order valence-electron chi connectivity index (χ2n) is 12.7. The number of carbonyl (C=O) groups is 2. The minimum atomic E-state index is -4.13. The summed E-state index contributed by atoms with van der Waals surface area (Å²) in [7, 11) is -4.13. The molecule has 1 saturated heterocycles. The van der Waals surface area contributed by atoms with E-state index in [1.807, 2.05) is 56.0 Å². The number of sulfonamides is 1. The topological polar surface area (TPSA) is 110 Å². The van der Waals surface area contributed by atoms with Gasteiger partial charge in [0.1, 0.15) is 17.0 Å². The van der Waals surface area contributed by atoms with Crippen LogP contribution in [0.15, 0.2) is 76.0 Å². The van der Waals surface area contributed by atoms with Crippen molar-refractivity contribution in [1.29, 1.82) is 0 Å². The second kappa shape index (κ2) is 14.4. The zero-order chi connectivity index (χ0) is 34.6. The monoisotopic (exact) mass is 679 g/mol. The molecule has 4 aromatic rings. The lowest BCUT2D eigenvalue weighted by molar-refractivity contribution is 0.0240. The highest BCUT2D eigenvalue weighted by Gasteiger charge is 2.30. The predicted molar refractivity (Wildman–Crippen MR) is 181 cm³/mol. The van der Waals surface area contributed by atoms with Gasteiger partial charge in [0.2, 0.25) is 15.8 Å². The smallest absolute Gasteiger partial charge is 0.410 e. The molecule has 0 unspecified atom stereocenters. The van der Waals surface area contributed by atoms with Crippen molar-refractivity contribution in [3.05, 3.63) is 95.0 Å². The van der Waals surface area contributed by atoms with E-state index in [1.165, 1.54) is 34.6 Å². The number of hydrogen-bond acceptors (Lipinski definition) is 8. The van der Waals surface area contributed by atoms with Gasteiger partial charge >= 0.3 is 12.1 Å². The number of fused-ring (bicyclic) bond motifs is 1. The number of ether oxygens (including phenoxy) is 2. The van der Waals surface area contributed by atoms with Crippen molar-refractivity contribution in [2.24, 2.45) is 0 Å². The Hall–Kier alpha value is -4.42. The number of amides is 1. The fourth-order valence-corrected chi connectivity index (χ4v) is 7.16. The predicted octanol–water partition coefficient (Wildman–Crippen LogP) is 6.55. The van der Waals surface area contributed by atoms with Crippen LogP contribution in [0.4, 0.5) is 14.9 Å². The van der Waals surface area contributed by atoms with E-state index in [9.17, 15) is 22.4 Å². The summed E-state index contributed by atoms with van der Waals surface area (Å²) in [5.41, 5.74) is 2.38. The first kappa shape index (κ1) is 34.9. The summed E-state index contributed by atoms with van der Waals surface area (Å²) in [6.45, 7) is 10.8. The molecule has 1 aromatic heterocycles. The molecule has 1 aliphatic rings. The van der Waals surface area contributed by atoms with Crippen LogP contribution in [0.1, 0.15) is 54.9 Å². The summed E-state index contributed by atoms with van der Waals surface area (Å²) in [4.78, 5) is 28.8. The van der Waals surface area contributed by atoms with Gasteiger partial charge < -0.3 is 23.7 Å². The number of rotatable bonds is 10. The Morgan fingerprint density at radius 3 is 2.35 bits per heavy atom. The van der Waals surface area contributed by atoms with E-state index in [-0.39, 0.29) is 36.4 Å². The number of furan rings is 1. The number of anilines is 1. The van der Waals surface area contributed by atoms with Crippen LogP contribution >= 0.6 is 0 Å². The number of esters is 1. The molecule has 5 rings (SSSR count). The number of piperazine rings is 1. The van der Waals surface area contributed by atoms with Crippen LogP contribution in [0.25, 0.3) is 11.0 Å². The molecular weight excluding hydrogens is 637 g/mol. The molecular formula is C36H42FN3O7S. The Kier molecular flexibility index (Phi) is 10.4. The quantitative estimate of drug-likeness (QED) is 0.174. The van der Waals surface area contributed by atoms with E-state index < -0.39 is 27.4 Å². The van der Waals surface area contributed by atoms with E-state index in [2.05, 4.69) is 0 Å². The lowest BCUT2D eigenvalue weighted by Crippen LogP contribution is -2.50. The first-order valence-electron chi connectivity index (χ1n) is 16.0. The minimum Gasteiger partial charge on any atom is -0.460 e. The summed E-state index contributed by atoms with van der Waals surface area (Å²) in [5, 5.41) is 0.483. The lowest BCUT2D eigenvalue weighted by atomic mass is 10.1. The number of nitrogens with zero attached hydrogens (tertiary/aromatic N) is 3. The lowest BCUT2D eigenvalue weighted by Gasteiger charge is -2.38. The SMILES string of the molecule is CCOC(=O)c1oc2ccc(S(=O)(=O)N(CCc3ccccc3)Cc3cc(F)ccc3N3CCN(C(=O)OC(C)(C)C)CC3)cc2c1C. The molecule has 0 bridgehead atoms. The molecule has 1 aliphatic heterocycles. The molecule has 1 fully saturated rings. The van der Waals surface area contributed by atoms with Gasteiger partial charge in [0.25, 0.3) is 0 Å². The first-order chi connectivity index (χ1) is 22.8. The molecule has 0 atom stereocenters. The van der Waals surface area contributed by atoms with Crippen LogP contribution in [0.3, 0.4) is 0 Å². The third-order valence-corrected chi connectivity index (χ3v) is 10.0. The van der Waals surface area contributed by atoms with Crippen molar-refractivity contribution in [1.82, 2.24) is 9.21 Å². The molecule has 1 amide bonds. The molecule has 0 saturated carbocycles. The minimum absolute atomic E-state index is 0.0197. The zero-order valence-corrected chi connectivity index (χ0v) is 28.8. The third kappa shape index (κ3) is 7.99. The van der Waals surface area contributed by atoms with Crippen LogP contribution in [-0.4, -0.2) is 74.6 Å². The van der Waals surface area contributed by atoms with Gasteiger partial charge in [0, 0.05) is 55.9 Å². The van der Waals surface area contributed by atoms with Crippen molar-refractivity contribution in [2.75, 3.05) is 44.2 Å². The highest BCUT2D eigenvalue weighted by Crippen LogP contribution is 2.32. The zero-order valence-electron chi connectivity index (χ0n) is 28.0. The molecule has 10 nitrogen and oxygen atoms in total. The van der Waals surface area contributed by atoms with Gasteiger partial charge in [0.05, 0.1) is 11.5 Å². The summed E-state index contributed by atoms with van der Waals surface area (Å²) < 4.78 is 61.3. The average molecular weight is 680 g/mol. The van der Waals surface area contributed by atoms with Gasteiger partial charge in [-0.25, -0.2) is 22.4 Å². The molecule has 2 heterocycles. The number of benzene rings is 3. The number of hydrogen-bond donors (Lipinski definition) is 0. The summed E-state index contributed by atoms with van der Waals surface area (Å²) in [5.74, 6) is -1.08. The number of aryl methyl sites for hydroxylation is 1. The first-order valence-corrected chi connectivity index (χ1v) is 17.5. The summed E-state index contributed by atoms with van der Waals surface area (Å²) >= 11 is 0. The van der Waals surface area contributed by atoms with E-state index in [0.717, 1.165) is 5.56 Å². The highest BCUT2D eigenvalue weighted by molar-refractivity contribution is 7.89. The van der Waals surface area contributed by atoms with Crippen molar-refractivity contribution in [3.63, 3.8) is 0 Å². The maximum Gasteiger partial charge on any atom is 0.410 e. The van der Waals surface area contributed by atoms with Crippen molar-refractivity contribution >= 4 is 38.7 Å². The van der Waals surface area contributed by atoms with E-state index in [4.69, 9.17) is 13.9 Å². The van der Waals surface area contributed by atoms with Crippen LogP contribution in [0.2, 0.25) is 0 Å². The fraction of sp³-hybridized carbons (Fsp3) is 0.389. The van der Waals surface area contributed by atoms with Gasteiger partial charge in [-0.15, -0.1) is 0 Å². The Bertz CT molecular complexity index is 1880. The van der Waals surface area contributed by atoms with E-state index in [1.54, 1.807) is 24.8 Å². The Balaban J connectivity index is 1.46. The largest absolute Gasteiger partial charge is 0.460 e. The molecule has 0 N–H and O–H groups in total. The fourth-order valence-electron chi connectivity index (χ4n) is 5.72. The molecule has 3 aromatic carbocycles. The number of halogens is 1. The molecule has 0 spiro atoms. The molecule has 0 aliphatic carbocycles. The summed E-state index contributed by atoms with van der Waals surface area (Å²) in [6.07, 6.45) is 0.0399. The van der Waals surface area contributed by atoms with Gasteiger partial charge in [-0.3, -0.25) is 0 Å². The van der Waals surface area contributed by atoms with Gasteiger partial charge in [0.15, 0.2) is 0 Å². The normalized spacial score (nSPS) is 14.1. The Labute approximate surface area is 281 Å². The van der Waals surface area contributed by atoms with E-state index in [0.29, 0.717) is 60.4 Å². The van der Waals surface area contributed by atoms with Crippen molar-refractivity contribution < 1.29 is 36.3 Å². The van der Waals surface area contributed by atoms with E-state index >= 15 is 0 Å². The van der Waals surface area contributed by atoms with Crippen molar-refractivity contribution in [2.45, 2.75) is 58.1 Å².